The summed E-state index contributed by atoms with van der Waals surface area (Å²) in [5, 5.41) is 17.5. The lowest BCUT2D eigenvalue weighted by molar-refractivity contribution is 0.250. The first kappa shape index (κ1) is 15.7. The molecule has 114 valence electrons. The lowest BCUT2D eigenvalue weighted by Gasteiger charge is -2.24. The number of benzene rings is 1. The van der Waals surface area contributed by atoms with E-state index in [1.807, 2.05) is 25.3 Å². The minimum atomic E-state index is -3.29. The van der Waals surface area contributed by atoms with E-state index < -0.39 is 9.84 Å². The molecule has 1 heterocycles. The maximum Gasteiger partial charge on any atom is 0.175 e. The van der Waals surface area contributed by atoms with Crippen LogP contribution in [-0.4, -0.2) is 34.5 Å². The Morgan fingerprint density at radius 3 is 2.43 bits per heavy atom. The predicted octanol–water partition coefficient (Wildman–Crippen LogP) is 1.60. The molecule has 2 aromatic rings. The van der Waals surface area contributed by atoms with Crippen molar-refractivity contribution >= 4 is 9.84 Å². The molecule has 0 aliphatic rings. The molecule has 0 spiro atoms. The van der Waals surface area contributed by atoms with Gasteiger partial charge < -0.3 is 9.67 Å². The molecule has 0 atom stereocenters. The van der Waals surface area contributed by atoms with Crippen LogP contribution < -0.4 is 0 Å². The summed E-state index contributed by atoms with van der Waals surface area (Å²) in [6.45, 7) is 5.69. The molecule has 2 rings (SSSR count). The second-order valence-electron chi connectivity index (χ2n) is 5.90. The molecule has 1 aromatic heterocycles. The van der Waals surface area contributed by atoms with Gasteiger partial charge in [0.05, 0.1) is 4.90 Å². The molecule has 0 aliphatic heterocycles. The molecule has 1 aromatic carbocycles. The van der Waals surface area contributed by atoms with Gasteiger partial charge in [0.25, 0.3) is 0 Å². The van der Waals surface area contributed by atoms with Crippen molar-refractivity contribution in [3.05, 3.63) is 30.1 Å². The van der Waals surface area contributed by atoms with Crippen LogP contribution in [0.5, 0.6) is 0 Å². The first-order chi connectivity index (χ1) is 9.64. The molecule has 0 unspecified atom stereocenters. The van der Waals surface area contributed by atoms with Crippen molar-refractivity contribution in [3.63, 3.8) is 0 Å². The van der Waals surface area contributed by atoms with Crippen molar-refractivity contribution in [2.45, 2.75) is 37.8 Å². The van der Waals surface area contributed by atoms with Gasteiger partial charge in [-0.2, -0.15) is 0 Å². The first-order valence-corrected chi connectivity index (χ1v) is 8.40. The van der Waals surface area contributed by atoms with Crippen LogP contribution in [0.25, 0.3) is 11.4 Å². The zero-order chi connectivity index (χ0) is 15.8. The molecule has 6 nitrogen and oxygen atoms in total. The summed E-state index contributed by atoms with van der Waals surface area (Å²) in [5.74, 6) is 0.985. The highest BCUT2D eigenvalue weighted by molar-refractivity contribution is 7.90. The minimum absolute atomic E-state index is 0.226. The molecule has 0 bridgehead atoms. The van der Waals surface area contributed by atoms with Gasteiger partial charge in [-0.15, -0.1) is 10.2 Å². The average molecular weight is 309 g/mol. The van der Waals surface area contributed by atoms with Crippen molar-refractivity contribution in [2.75, 3.05) is 6.26 Å². The Kier molecular flexibility index (Phi) is 3.90. The Labute approximate surface area is 124 Å². The van der Waals surface area contributed by atoms with Crippen molar-refractivity contribution in [2.24, 2.45) is 0 Å². The van der Waals surface area contributed by atoms with E-state index >= 15 is 0 Å². The summed E-state index contributed by atoms with van der Waals surface area (Å²) < 4.78 is 25.2. The Balaban J connectivity index is 2.66. The normalized spacial score (nSPS) is 12.6. The van der Waals surface area contributed by atoms with Gasteiger partial charge in [-0.1, -0.05) is 12.1 Å². The van der Waals surface area contributed by atoms with Gasteiger partial charge in [0, 0.05) is 17.4 Å². The van der Waals surface area contributed by atoms with Crippen LogP contribution in [0.15, 0.2) is 29.2 Å². The highest BCUT2D eigenvalue weighted by Gasteiger charge is 2.24. The predicted molar refractivity (Wildman–Crippen MR) is 79.5 cm³/mol. The summed E-state index contributed by atoms with van der Waals surface area (Å²) in [6.07, 6.45) is 1.17. The summed E-state index contributed by atoms with van der Waals surface area (Å²) in [7, 11) is -3.29. The van der Waals surface area contributed by atoms with E-state index in [2.05, 4.69) is 10.2 Å². The molecule has 0 fully saturated rings. The molecule has 21 heavy (non-hydrogen) atoms. The van der Waals surface area contributed by atoms with Gasteiger partial charge in [-0.25, -0.2) is 8.42 Å². The Morgan fingerprint density at radius 1 is 1.24 bits per heavy atom. The number of nitrogens with zero attached hydrogens (tertiary/aromatic N) is 3. The third-order valence-corrected chi connectivity index (χ3v) is 4.17. The Morgan fingerprint density at radius 2 is 1.90 bits per heavy atom. The number of hydrogen-bond acceptors (Lipinski definition) is 5. The SMILES string of the molecule is CC(C)(C)n1c(CO)nnc1-c1cccc(S(C)(=O)=O)c1. The molecule has 0 saturated heterocycles. The maximum absolute atomic E-state index is 11.7. The Hall–Kier alpha value is -1.73. The van der Waals surface area contributed by atoms with Gasteiger partial charge in [-0.3, -0.25) is 0 Å². The van der Waals surface area contributed by atoms with Gasteiger partial charge in [0.2, 0.25) is 0 Å². The number of aliphatic hydroxyl groups is 1. The van der Waals surface area contributed by atoms with E-state index in [0.717, 1.165) is 0 Å². The molecule has 0 radical (unpaired) electrons. The zero-order valence-electron chi connectivity index (χ0n) is 12.5. The van der Waals surface area contributed by atoms with E-state index in [0.29, 0.717) is 17.2 Å². The standard InChI is InChI=1S/C14H19N3O3S/c1-14(2,3)17-12(9-18)15-16-13(17)10-6-5-7-11(8-10)21(4,19)20/h5-8,18H,9H2,1-4H3. The largest absolute Gasteiger partial charge is 0.388 e. The van der Waals surface area contributed by atoms with E-state index in [9.17, 15) is 13.5 Å². The fourth-order valence-electron chi connectivity index (χ4n) is 2.18. The summed E-state index contributed by atoms with van der Waals surface area (Å²) in [5.41, 5.74) is 0.317. The van der Waals surface area contributed by atoms with Crippen LogP contribution in [0.1, 0.15) is 26.6 Å². The third-order valence-electron chi connectivity index (χ3n) is 3.06. The first-order valence-electron chi connectivity index (χ1n) is 6.50. The van der Waals surface area contributed by atoms with Crippen molar-refractivity contribution < 1.29 is 13.5 Å². The number of aromatic nitrogens is 3. The minimum Gasteiger partial charge on any atom is -0.388 e. The van der Waals surface area contributed by atoms with Crippen molar-refractivity contribution in [1.82, 2.24) is 14.8 Å². The van der Waals surface area contributed by atoms with Gasteiger partial charge in [0.15, 0.2) is 21.5 Å². The number of rotatable bonds is 3. The second kappa shape index (κ2) is 5.23. The molecule has 0 amide bonds. The molecular formula is C14H19N3O3S. The summed E-state index contributed by atoms with van der Waals surface area (Å²) in [4.78, 5) is 0.231. The quantitative estimate of drug-likeness (QED) is 0.930. The average Bonchev–Trinajstić information content (AvgIpc) is 2.81. The van der Waals surface area contributed by atoms with Crippen LogP contribution in [0.2, 0.25) is 0 Å². The highest BCUT2D eigenvalue weighted by Crippen LogP contribution is 2.27. The zero-order valence-corrected chi connectivity index (χ0v) is 13.3. The monoisotopic (exact) mass is 309 g/mol. The molecule has 7 heteroatoms. The fraction of sp³-hybridized carbons (Fsp3) is 0.429. The number of hydrogen-bond donors (Lipinski definition) is 1. The molecule has 1 N–H and O–H groups in total. The van der Waals surface area contributed by atoms with Gasteiger partial charge in [-0.05, 0) is 32.9 Å². The fourth-order valence-corrected chi connectivity index (χ4v) is 2.84. The van der Waals surface area contributed by atoms with E-state index in [4.69, 9.17) is 0 Å². The van der Waals surface area contributed by atoms with Crippen molar-refractivity contribution in [3.8, 4) is 11.4 Å². The van der Waals surface area contributed by atoms with Crippen LogP contribution >= 0.6 is 0 Å². The van der Waals surface area contributed by atoms with E-state index in [-0.39, 0.29) is 17.0 Å². The molecular weight excluding hydrogens is 290 g/mol. The van der Waals surface area contributed by atoms with Crippen LogP contribution in [-0.2, 0) is 22.0 Å². The molecule has 0 saturated carbocycles. The lowest BCUT2D eigenvalue weighted by Crippen LogP contribution is -2.25. The number of aliphatic hydroxyl groups excluding tert-OH is 1. The lowest BCUT2D eigenvalue weighted by atomic mass is 10.1. The molecule has 0 aliphatic carbocycles. The van der Waals surface area contributed by atoms with Crippen molar-refractivity contribution in [1.29, 1.82) is 0 Å². The summed E-state index contributed by atoms with van der Waals surface area (Å²) >= 11 is 0. The Bertz CT molecular complexity index is 758. The van der Waals surface area contributed by atoms with Crippen LogP contribution in [0.3, 0.4) is 0 Å². The second-order valence-corrected chi connectivity index (χ2v) is 7.92. The van der Waals surface area contributed by atoms with E-state index in [1.54, 1.807) is 24.3 Å². The topological polar surface area (TPSA) is 85.1 Å². The van der Waals surface area contributed by atoms with Gasteiger partial charge in [0.1, 0.15) is 6.61 Å². The maximum atomic E-state index is 11.7. The van der Waals surface area contributed by atoms with E-state index in [1.165, 1.54) is 6.26 Å². The van der Waals surface area contributed by atoms with Crippen LogP contribution in [0.4, 0.5) is 0 Å². The summed E-state index contributed by atoms with van der Waals surface area (Å²) in [6, 6.07) is 6.57. The highest BCUT2D eigenvalue weighted by atomic mass is 32.2. The van der Waals surface area contributed by atoms with Gasteiger partial charge >= 0.3 is 0 Å². The smallest absolute Gasteiger partial charge is 0.175 e. The van der Waals surface area contributed by atoms with Crippen LogP contribution in [0, 0.1) is 0 Å². The number of sulfone groups is 1. The third kappa shape index (κ3) is 3.14.